The van der Waals surface area contributed by atoms with Crippen molar-refractivity contribution < 1.29 is 9.84 Å². The Labute approximate surface area is 162 Å². The first-order chi connectivity index (χ1) is 13.2. The maximum atomic E-state index is 10.5. The number of aryl methyl sites for hydroxylation is 1. The summed E-state index contributed by atoms with van der Waals surface area (Å²) in [5, 5.41) is 10.5. The van der Waals surface area contributed by atoms with Gasteiger partial charge in [0.15, 0.2) is 0 Å². The second-order valence-corrected chi connectivity index (χ2v) is 7.94. The highest BCUT2D eigenvalue weighted by Gasteiger charge is 2.32. The Morgan fingerprint density at radius 2 is 2.00 bits per heavy atom. The Kier molecular flexibility index (Phi) is 5.91. The van der Waals surface area contributed by atoms with Crippen LogP contribution in [0.5, 0.6) is 0 Å². The molecule has 4 rings (SSSR count). The van der Waals surface area contributed by atoms with E-state index in [0.717, 1.165) is 31.4 Å². The van der Waals surface area contributed by atoms with E-state index in [-0.39, 0.29) is 0 Å². The van der Waals surface area contributed by atoms with Crippen molar-refractivity contribution in [3.05, 3.63) is 53.1 Å². The molecule has 1 fully saturated rings. The van der Waals surface area contributed by atoms with Crippen LogP contribution in [0.25, 0.3) is 0 Å². The maximum Gasteiger partial charge on any atom is 0.126 e. The van der Waals surface area contributed by atoms with Gasteiger partial charge in [0.05, 0.1) is 31.1 Å². The zero-order valence-electron chi connectivity index (χ0n) is 16.3. The van der Waals surface area contributed by atoms with E-state index in [1.165, 1.54) is 36.5 Å². The van der Waals surface area contributed by atoms with Crippen LogP contribution in [-0.2, 0) is 31.2 Å². The number of aliphatic hydroxyl groups excluding tert-OH is 1. The highest BCUT2D eigenvalue weighted by atomic mass is 16.5. The third-order valence-corrected chi connectivity index (χ3v) is 5.94. The predicted molar refractivity (Wildman–Crippen MR) is 106 cm³/mol. The van der Waals surface area contributed by atoms with Crippen molar-refractivity contribution in [2.45, 2.75) is 57.3 Å². The van der Waals surface area contributed by atoms with Crippen LogP contribution >= 0.6 is 0 Å². The number of hydrogen-bond donors (Lipinski definition) is 1. The molecular weight excluding hydrogens is 338 g/mol. The summed E-state index contributed by atoms with van der Waals surface area (Å²) in [4.78, 5) is 7.39. The number of hydrogen-bond acceptors (Lipinski definition) is 4. The van der Waals surface area contributed by atoms with Gasteiger partial charge in [-0.1, -0.05) is 30.3 Å². The highest BCUT2D eigenvalue weighted by Crippen LogP contribution is 2.33. The Morgan fingerprint density at radius 1 is 1.19 bits per heavy atom. The molecule has 146 valence electrons. The fraction of sp³-hybridized carbons (Fsp3) is 0.591. The van der Waals surface area contributed by atoms with Crippen molar-refractivity contribution >= 4 is 0 Å². The SMILES string of the molecule is Cn1c([C@H]2CCCN2C[C@H](O)COCc2ccccc2)nc2c1CCCC2. The third kappa shape index (κ3) is 4.26. The van der Waals surface area contributed by atoms with Gasteiger partial charge in [-0.05, 0) is 50.6 Å². The second-order valence-electron chi connectivity index (χ2n) is 7.94. The van der Waals surface area contributed by atoms with Crippen LogP contribution in [0.4, 0.5) is 0 Å². The number of β-amino-alcohol motifs (C(OH)–C–C–N with tert-alkyl or cyclic N) is 1. The summed E-state index contributed by atoms with van der Waals surface area (Å²) < 4.78 is 8.05. The summed E-state index contributed by atoms with van der Waals surface area (Å²) in [5.74, 6) is 1.19. The summed E-state index contributed by atoms with van der Waals surface area (Å²) in [5.41, 5.74) is 3.87. The van der Waals surface area contributed by atoms with Gasteiger partial charge in [-0.25, -0.2) is 4.98 Å². The van der Waals surface area contributed by atoms with Gasteiger partial charge < -0.3 is 14.4 Å². The lowest BCUT2D eigenvalue weighted by molar-refractivity contribution is 0.00706. The molecule has 5 nitrogen and oxygen atoms in total. The lowest BCUT2D eigenvalue weighted by Crippen LogP contribution is -2.35. The first-order valence-corrected chi connectivity index (χ1v) is 10.3. The molecule has 0 bridgehead atoms. The number of fused-ring (bicyclic) bond motifs is 1. The molecule has 0 unspecified atom stereocenters. The average Bonchev–Trinajstić information content (AvgIpc) is 3.27. The zero-order valence-corrected chi connectivity index (χ0v) is 16.3. The van der Waals surface area contributed by atoms with Crippen LogP contribution in [-0.4, -0.2) is 45.4 Å². The number of likely N-dealkylation sites (tertiary alicyclic amines) is 1. The number of imidazole rings is 1. The first-order valence-electron chi connectivity index (χ1n) is 10.3. The van der Waals surface area contributed by atoms with Crippen LogP contribution in [0.2, 0.25) is 0 Å². The molecule has 2 aliphatic rings. The molecule has 5 heteroatoms. The van der Waals surface area contributed by atoms with Gasteiger partial charge >= 0.3 is 0 Å². The molecule has 1 N–H and O–H groups in total. The van der Waals surface area contributed by atoms with Crippen LogP contribution in [0.1, 0.15) is 54.5 Å². The maximum absolute atomic E-state index is 10.5. The first kappa shape index (κ1) is 18.7. The highest BCUT2D eigenvalue weighted by molar-refractivity contribution is 5.22. The fourth-order valence-corrected chi connectivity index (χ4v) is 4.55. The van der Waals surface area contributed by atoms with Crippen molar-refractivity contribution in [2.75, 3.05) is 19.7 Å². The molecular formula is C22H31N3O2. The summed E-state index contributed by atoms with van der Waals surface area (Å²) in [6.45, 7) is 2.59. The number of aliphatic hydroxyl groups is 1. The summed E-state index contributed by atoms with van der Waals surface area (Å²) in [6.07, 6.45) is 6.63. The monoisotopic (exact) mass is 369 g/mol. The van der Waals surface area contributed by atoms with E-state index in [9.17, 15) is 5.11 Å². The molecule has 27 heavy (non-hydrogen) atoms. The van der Waals surface area contributed by atoms with Gasteiger partial charge in [-0.15, -0.1) is 0 Å². The molecule has 0 amide bonds. The van der Waals surface area contributed by atoms with E-state index >= 15 is 0 Å². The predicted octanol–water partition coefficient (Wildman–Crippen LogP) is 3.01. The van der Waals surface area contributed by atoms with Gasteiger partial charge in [-0.3, -0.25) is 4.90 Å². The summed E-state index contributed by atoms with van der Waals surface area (Å²) >= 11 is 0. The molecule has 1 aliphatic carbocycles. The van der Waals surface area contributed by atoms with Crippen molar-refractivity contribution in [1.82, 2.24) is 14.5 Å². The lowest BCUT2D eigenvalue weighted by atomic mass is 10.0. The number of nitrogens with zero attached hydrogens (tertiary/aromatic N) is 3. The Balaban J connectivity index is 1.34. The van der Waals surface area contributed by atoms with Crippen LogP contribution in [0, 0.1) is 0 Å². The normalized spacial score (nSPS) is 21.3. The molecule has 1 saturated heterocycles. The van der Waals surface area contributed by atoms with Gasteiger partial charge in [0.25, 0.3) is 0 Å². The van der Waals surface area contributed by atoms with E-state index in [2.05, 4.69) is 16.5 Å². The molecule has 1 aromatic carbocycles. The fourth-order valence-electron chi connectivity index (χ4n) is 4.55. The van der Waals surface area contributed by atoms with Gasteiger partial charge in [0, 0.05) is 19.3 Å². The van der Waals surface area contributed by atoms with Gasteiger partial charge in [0.1, 0.15) is 5.82 Å². The van der Waals surface area contributed by atoms with Crippen LogP contribution in [0.3, 0.4) is 0 Å². The quantitative estimate of drug-likeness (QED) is 0.815. The number of ether oxygens (including phenoxy) is 1. The Morgan fingerprint density at radius 3 is 2.81 bits per heavy atom. The standard InChI is InChI=1S/C22H31N3O2/c1-24-20-11-6-5-10-19(20)23-22(24)21-12-7-13-25(21)14-18(26)16-27-15-17-8-3-2-4-9-17/h2-4,8-9,18,21,26H,5-7,10-16H2,1H3/t18-,21+/m0/s1. The third-order valence-electron chi connectivity index (χ3n) is 5.94. The lowest BCUT2D eigenvalue weighted by Gasteiger charge is -2.26. The minimum absolute atomic E-state index is 0.323. The summed E-state index contributed by atoms with van der Waals surface area (Å²) in [6, 6.07) is 10.4. The van der Waals surface area contributed by atoms with Crippen molar-refractivity contribution in [3.8, 4) is 0 Å². The Bertz CT molecular complexity index is 744. The van der Waals surface area contributed by atoms with Crippen molar-refractivity contribution in [2.24, 2.45) is 7.05 Å². The summed E-state index contributed by atoms with van der Waals surface area (Å²) in [7, 11) is 2.17. The number of aromatic nitrogens is 2. The molecule has 0 saturated carbocycles. The average molecular weight is 370 g/mol. The number of benzene rings is 1. The van der Waals surface area contributed by atoms with E-state index in [1.54, 1.807) is 0 Å². The van der Waals surface area contributed by atoms with E-state index < -0.39 is 6.10 Å². The van der Waals surface area contributed by atoms with Gasteiger partial charge in [0.2, 0.25) is 0 Å². The topological polar surface area (TPSA) is 50.5 Å². The molecule has 0 radical (unpaired) electrons. The molecule has 1 aliphatic heterocycles. The van der Waals surface area contributed by atoms with Crippen molar-refractivity contribution in [3.63, 3.8) is 0 Å². The van der Waals surface area contributed by atoms with E-state index in [1.807, 2.05) is 30.3 Å². The molecule has 2 heterocycles. The molecule has 1 aromatic heterocycles. The second kappa shape index (κ2) is 8.55. The van der Waals surface area contributed by atoms with Crippen LogP contribution < -0.4 is 0 Å². The largest absolute Gasteiger partial charge is 0.389 e. The van der Waals surface area contributed by atoms with Crippen molar-refractivity contribution in [1.29, 1.82) is 0 Å². The molecule has 2 aromatic rings. The smallest absolute Gasteiger partial charge is 0.126 e. The molecule has 2 atom stereocenters. The zero-order chi connectivity index (χ0) is 18.6. The minimum Gasteiger partial charge on any atom is -0.389 e. The van der Waals surface area contributed by atoms with Crippen LogP contribution in [0.15, 0.2) is 30.3 Å². The number of rotatable bonds is 7. The van der Waals surface area contributed by atoms with E-state index in [4.69, 9.17) is 9.72 Å². The van der Waals surface area contributed by atoms with E-state index in [0.29, 0.717) is 25.8 Å². The Hall–Kier alpha value is -1.69. The minimum atomic E-state index is -0.468. The van der Waals surface area contributed by atoms with Gasteiger partial charge in [-0.2, -0.15) is 0 Å². The molecule has 0 spiro atoms.